The van der Waals surface area contributed by atoms with Crippen molar-refractivity contribution >= 4 is 72.9 Å². The Morgan fingerprint density at radius 1 is 0.467 bits per heavy atom. The summed E-state index contributed by atoms with van der Waals surface area (Å²) in [6, 6.07) is 21.4. The van der Waals surface area contributed by atoms with Gasteiger partial charge in [-0.3, -0.25) is 0 Å². The minimum absolute atomic E-state index is 0. The van der Waals surface area contributed by atoms with Crippen LogP contribution < -0.4 is 0 Å². The third kappa shape index (κ3) is 2.03. The molecule has 0 aliphatic carbocycles. The second-order valence-corrected chi connectivity index (χ2v) is 3.51. The van der Waals surface area contributed by atoms with Crippen LogP contribution in [0.4, 0.5) is 0 Å². The number of hydrogen-bond acceptors (Lipinski definition) is 0. The topological polar surface area (TPSA) is 0 Å². The van der Waals surface area contributed by atoms with Crippen LogP contribution >= 0.6 is 0 Å². The summed E-state index contributed by atoms with van der Waals surface area (Å²) >= 11 is 0. The molecule has 3 aromatic carbocycles. The molecule has 0 amide bonds. The minimum Gasteiger partial charge on any atom is -0.0616 e. The summed E-state index contributed by atoms with van der Waals surface area (Å²) in [6.07, 6.45) is 0. The number of benzene rings is 3. The molecule has 0 atom stereocenters. The van der Waals surface area contributed by atoms with Gasteiger partial charge in [-0.05, 0) is 21.5 Å². The van der Waals surface area contributed by atoms with Crippen LogP contribution in [-0.4, -0.2) is 51.4 Å². The largest absolute Gasteiger partial charge is 0.0616 e. The van der Waals surface area contributed by atoms with Gasteiger partial charge in [0.25, 0.3) is 0 Å². The first-order valence-electron chi connectivity index (χ1n) is 4.82. The maximum absolute atomic E-state index is 2.18. The van der Waals surface area contributed by atoms with E-state index >= 15 is 0 Å². The molecule has 0 nitrogen and oxygen atoms in total. The molecule has 0 N–H and O–H groups in total. The summed E-state index contributed by atoms with van der Waals surface area (Å²) in [5.41, 5.74) is 0. The summed E-state index contributed by atoms with van der Waals surface area (Å²) in [4.78, 5) is 0. The Labute approximate surface area is 132 Å². The van der Waals surface area contributed by atoms with Crippen molar-refractivity contribution in [3.05, 3.63) is 60.7 Å². The van der Waals surface area contributed by atoms with Gasteiger partial charge in [0.1, 0.15) is 0 Å². The molecule has 0 saturated heterocycles. The first-order valence-corrected chi connectivity index (χ1v) is 4.82. The first kappa shape index (κ1) is 11.3. The van der Waals surface area contributed by atoms with Crippen LogP contribution in [0.25, 0.3) is 21.5 Å². The quantitative estimate of drug-likeness (QED) is 0.401. The summed E-state index contributed by atoms with van der Waals surface area (Å²) in [5.74, 6) is 0. The van der Waals surface area contributed by atoms with Gasteiger partial charge in [0.15, 0.2) is 0 Å². The fourth-order valence-electron chi connectivity index (χ4n) is 1.95. The fourth-order valence-corrected chi connectivity index (χ4v) is 1.95. The van der Waals surface area contributed by atoms with Crippen molar-refractivity contribution in [2.75, 3.05) is 0 Å². The average molecular weight is 218 g/mol. The maximum Gasteiger partial charge on any atom is -0.0105 e. The summed E-state index contributed by atoms with van der Waals surface area (Å²) < 4.78 is 0. The Balaban J connectivity index is 0.000000853. The van der Waals surface area contributed by atoms with Gasteiger partial charge in [-0.2, -0.15) is 0 Å². The second kappa shape index (κ2) is 4.77. The van der Waals surface area contributed by atoms with E-state index in [1.165, 1.54) is 21.5 Å². The van der Waals surface area contributed by atoms with Gasteiger partial charge < -0.3 is 0 Å². The fraction of sp³-hybridized carbons (Fsp3) is 0. The van der Waals surface area contributed by atoms with Crippen LogP contribution in [0.2, 0.25) is 0 Å². The van der Waals surface area contributed by atoms with Gasteiger partial charge in [-0.25, -0.2) is 0 Å². The molecule has 0 heterocycles. The molecule has 0 aliphatic rings. The molecule has 0 saturated carbocycles. The van der Waals surface area contributed by atoms with Crippen LogP contribution in [0.1, 0.15) is 0 Å². The second-order valence-electron chi connectivity index (χ2n) is 3.51. The zero-order valence-electron chi connectivity index (χ0n) is 7.77. The average Bonchev–Trinajstić information content (AvgIpc) is 2.29. The number of hydrogen-bond donors (Lipinski definition) is 0. The van der Waals surface area contributed by atoms with Gasteiger partial charge in [-0.1, -0.05) is 60.7 Å². The van der Waals surface area contributed by atoms with Gasteiger partial charge in [0, 0.05) is 0 Å². The van der Waals surface area contributed by atoms with Crippen molar-refractivity contribution < 1.29 is 0 Å². The van der Waals surface area contributed by atoms with Gasteiger partial charge in [-0.15, -0.1) is 0 Å². The number of rotatable bonds is 0. The molecule has 68 valence electrons. The molecule has 0 bridgehead atoms. The molecule has 0 aromatic heterocycles. The molecule has 0 spiro atoms. The monoisotopic (exact) mass is 218 g/mol. The molecule has 0 aliphatic heterocycles. The summed E-state index contributed by atoms with van der Waals surface area (Å²) in [7, 11) is 0. The van der Waals surface area contributed by atoms with Crippen LogP contribution in [-0.2, 0) is 0 Å². The van der Waals surface area contributed by atoms with E-state index in [9.17, 15) is 0 Å². The molecular weight excluding hydrogens is 207 g/mol. The Kier molecular flexibility index (Phi) is 3.59. The predicted octanol–water partition coefficient (Wildman–Crippen LogP) is 3.34. The zero-order chi connectivity index (χ0) is 9.38. The third-order valence-electron chi connectivity index (χ3n) is 2.65. The van der Waals surface area contributed by atoms with E-state index in [1.807, 2.05) is 0 Å². The van der Waals surface area contributed by atoms with E-state index in [0.29, 0.717) is 0 Å². The molecule has 0 fully saturated rings. The van der Waals surface area contributed by atoms with Crippen molar-refractivity contribution in [2.24, 2.45) is 0 Å². The van der Waals surface area contributed by atoms with Gasteiger partial charge >= 0.3 is 51.4 Å². The van der Waals surface area contributed by atoms with E-state index in [-0.39, 0.29) is 51.4 Å². The predicted molar refractivity (Wildman–Crippen MR) is 68.6 cm³/mol. The zero-order valence-corrected chi connectivity index (χ0v) is 7.77. The van der Waals surface area contributed by atoms with Crippen molar-refractivity contribution in [1.82, 2.24) is 0 Å². The molecule has 3 aromatic rings. The Bertz CT molecular complexity index is 544. The van der Waals surface area contributed by atoms with Crippen LogP contribution in [0, 0.1) is 0 Å². The first-order chi connectivity index (χ1) is 6.95. The Morgan fingerprint density at radius 2 is 0.867 bits per heavy atom. The normalized spacial score (nSPS) is 10.1. The van der Waals surface area contributed by atoms with E-state index in [4.69, 9.17) is 0 Å². The van der Waals surface area contributed by atoms with Gasteiger partial charge in [0.05, 0.1) is 0 Å². The molecular formula is C14H11K. The minimum atomic E-state index is 0. The van der Waals surface area contributed by atoms with Crippen LogP contribution in [0.3, 0.4) is 0 Å². The summed E-state index contributed by atoms with van der Waals surface area (Å²) in [5, 5.41) is 5.30. The standard InChI is InChI=1S/C14H10.K.H/c1-3-7-13-11(5-1)9-10-12-6-2-4-8-14(12)13;;/h1-10H;;. The maximum atomic E-state index is 2.18. The van der Waals surface area contributed by atoms with Crippen molar-refractivity contribution in [3.8, 4) is 0 Å². The van der Waals surface area contributed by atoms with Crippen molar-refractivity contribution in [3.63, 3.8) is 0 Å². The molecule has 1 heteroatoms. The van der Waals surface area contributed by atoms with E-state index < -0.39 is 0 Å². The SMILES string of the molecule is [KH].c1ccc2c(c1)ccc1ccccc12. The molecule has 3 rings (SSSR count). The molecule has 0 unspecified atom stereocenters. The van der Waals surface area contributed by atoms with Crippen LogP contribution in [0.5, 0.6) is 0 Å². The van der Waals surface area contributed by atoms with Crippen molar-refractivity contribution in [2.45, 2.75) is 0 Å². The smallest absolute Gasteiger partial charge is 0.0105 e. The molecule has 15 heavy (non-hydrogen) atoms. The van der Waals surface area contributed by atoms with Gasteiger partial charge in [0.2, 0.25) is 0 Å². The number of fused-ring (bicyclic) bond motifs is 3. The van der Waals surface area contributed by atoms with E-state index in [2.05, 4.69) is 60.7 Å². The molecule has 0 radical (unpaired) electrons. The third-order valence-corrected chi connectivity index (χ3v) is 2.65. The summed E-state index contributed by atoms with van der Waals surface area (Å²) in [6.45, 7) is 0. The van der Waals surface area contributed by atoms with E-state index in [0.717, 1.165) is 0 Å². The van der Waals surface area contributed by atoms with Crippen molar-refractivity contribution in [1.29, 1.82) is 0 Å². The Hall–Kier alpha value is -0.184. The Morgan fingerprint density at radius 3 is 1.33 bits per heavy atom. The van der Waals surface area contributed by atoms with Crippen LogP contribution in [0.15, 0.2) is 60.7 Å². The van der Waals surface area contributed by atoms with E-state index in [1.54, 1.807) is 0 Å².